The van der Waals surface area contributed by atoms with Crippen LogP contribution in [0.25, 0.3) is 10.8 Å². The summed E-state index contributed by atoms with van der Waals surface area (Å²) in [6, 6.07) is 11.2. The molecule has 0 unspecified atom stereocenters. The fraction of sp³-hybridized carbons (Fsp3) is 0.280. The van der Waals surface area contributed by atoms with Gasteiger partial charge in [0.05, 0.1) is 5.56 Å². The van der Waals surface area contributed by atoms with Gasteiger partial charge in [-0.05, 0) is 41.0 Å². The largest absolute Gasteiger partial charge is 0.487 e. The molecule has 5 nitrogen and oxygen atoms in total. The molecule has 3 aromatic rings. The highest BCUT2D eigenvalue weighted by Gasteiger charge is 2.65. The lowest BCUT2D eigenvalue weighted by Gasteiger charge is -2.40. The van der Waals surface area contributed by atoms with Gasteiger partial charge in [0.2, 0.25) is 0 Å². The average Bonchev–Trinajstić information content (AvgIpc) is 2.74. The number of halogens is 5. The third-order valence-electron chi connectivity index (χ3n) is 5.30. The van der Waals surface area contributed by atoms with Crippen molar-refractivity contribution < 1.29 is 38.9 Å². The van der Waals surface area contributed by atoms with Crippen LogP contribution in [0.15, 0.2) is 65.6 Å². The summed E-state index contributed by atoms with van der Waals surface area (Å²) in [5, 5.41) is 13.3. The van der Waals surface area contributed by atoms with Crippen molar-refractivity contribution in [3.63, 3.8) is 0 Å². The van der Waals surface area contributed by atoms with Crippen LogP contribution in [0, 0.1) is 5.41 Å². The number of carboxylic acid groups (broad SMARTS) is 1. The van der Waals surface area contributed by atoms with Crippen LogP contribution < -0.4 is 10.1 Å². The number of ether oxygens (including phenoxy) is 1. The van der Waals surface area contributed by atoms with Gasteiger partial charge >= 0.3 is 16.2 Å². The maximum Gasteiger partial charge on any atom is 0.326 e. The van der Waals surface area contributed by atoms with E-state index in [0.29, 0.717) is 22.9 Å². The number of amides is 1. The van der Waals surface area contributed by atoms with Crippen molar-refractivity contribution in [2.24, 2.45) is 5.41 Å². The van der Waals surface area contributed by atoms with Gasteiger partial charge in [-0.15, -0.1) is 0 Å². The van der Waals surface area contributed by atoms with Crippen LogP contribution >= 0.6 is 10.2 Å². The number of hydrogen-bond acceptors (Lipinski definition) is 3. The van der Waals surface area contributed by atoms with Crippen LogP contribution in [0.3, 0.4) is 0 Å². The molecule has 0 radical (unpaired) electrons. The summed E-state index contributed by atoms with van der Waals surface area (Å²) in [5.41, 5.74) is -0.200. The lowest BCUT2D eigenvalue weighted by Crippen LogP contribution is -2.43. The second-order valence-corrected chi connectivity index (χ2v) is 12.1. The number of carbonyl (C=O) groups is 2. The zero-order valence-electron chi connectivity index (χ0n) is 19.7. The van der Waals surface area contributed by atoms with E-state index in [1.165, 1.54) is 6.07 Å². The van der Waals surface area contributed by atoms with E-state index in [1.54, 1.807) is 30.3 Å². The van der Waals surface area contributed by atoms with E-state index < -0.39 is 33.0 Å². The van der Waals surface area contributed by atoms with Gasteiger partial charge in [0, 0.05) is 5.39 Å². The summed E-state index contributed by atoms with van der Waals surface area (Å²) in [5.74, 6) is -1.82. The Morgan fingerprint density at radius 2 is 1.56 bits per heavy atom. The van der Waals surface area contributed by atoms with Crippen LogP contribution in [0.1, 0.15) is 43.1 Å². The highest BCUT2D eigenvalue weighted by molar-refractivity contribution is 8.45. The fourth-order valence-corrected chi connectivity index (χ4v) is 4.27. The zero-order chi connectivity index (χ0) is 27.0. The van der Waals surface area contributed by atoms with Crippen molar-refractivity contribution in [2.45, 2.75) is 44.7 Å². The zero-order valence-corrected chi connectivity index (χ0v) is 20.6. The lowest BCUT2D eigenvalue weighted by atomic mass is 9.88. The third kappa shape index (κ3) is 6.87. The first kappa shape index (κ1) is 27.3. The van der Waals surface area contributed by atoms with Crippen molar-refractivity contribution in [3.8, 4) is 5.75 Å². The van der Waals surface area contributed by atoms with Gasteiger partial charge < -0.3 is 15.2 Å². The molecule has 0 spiro atoms. The molecule has 0 aliphatic rings. The molecule has 3 aromatic carbocycles. The molecule has 0 aliphatic heterocycles. The number of fused-ring (bicyclic) bond motifs is 1. The quantitative estimate of drug-likeness (QED) is 0.292. The first-order valence-corrected chi connectivity index (χ1v) is 12.8. The maximum absolute atomic E-state index is 13.1. The number of benzene rings is 3. The van der Waals surface area contributed by atoms with Crippen LogP contribution in [0.2, 0.25) is 0 Å². The highest BCUT2D eigenvalue weighted by Crippen LogP contribution is 3.02. The molecule has 3 rings (SSSR count). The smallest absolute Gasteiger partial charge is 0.326 e. The second-order valence-electron chi connectivity index (χ2n) is 9.69. The normalized spacial score (nSPS) is 15.0. The molecule has 0 saturated heterocycles. The molecule has 0 bridgehead atoms. The Bertz CT molecular complexity index is 1300. The molecule has 0 aliphatic carbocycles. The van der Waals surface area contributed by atoms with Gasteiger partial charge in [-0.2, -0.15) is 0 Å². The van der Waals surface area contributed by atoms with Gasteiger partial charge in [0.25, 0.3) is 5.91 Å². The van der Waals surface area contributed by atoms with E-state index in [2.05, 4.69) is 5.32 Å². The first-order valence-electron chi connectivity index (χ1n) is 10.9. The van der Waals surface area contributed by atoms with Crippen molar-refractivity contribution in [1.82, 2.24) is 5.32 Å². The molecule has 11 heteroatoms. The fourth-order valence-electron chi connectivity index (χ4n) is 3.62. The Hall–Kier alpha value is -3.34. The Morgan fingerprint density at radius 3 is 2.11 bits per heavy atom. The molecule has 1 amide bonds. The minimum Gasteiger partial charge on any atom is -0.487 e. The van der Waals surface area contributed by atoms with E-state index >= 15 is 0 Å². The number of carbonyl (C=O) groups excluding carboxylic acids is 1. The monoisotopic (exact) mass is 531 g/mol. The predicted octanol–water partition coefficient (Wildman–Crippen LogP) is 7.70. The number of hydrogen-bond donors (Lipinski definition) is 2. The summed E-state index contributed by atoms with van der Waals surface area (Å²) in [6.45, 7) is 5.18. The van der Waals surface area contributed by atoms with Crippen molar-refractivity contribution >= 4 is 32.9 Å². The molecule has 36 heavy (non-hydrogen) atoms. The van der Waals surface area contributed by atoms with Gasteiger partial charge in [0.15, 0.2) is 0 Å². The lowest BCUT2D eigenvalue weighted by molar-refractivity contribution is -0.140. The standard InChI is InChI=1S/C25H26F5NO4S/c1-25(2,3)14-21(24(33)34)31-23(32)20-13-10-17-6-4-5-7-19(17)22(20)35-15-16-8-11-18(12-9-16)36(26,27,28,29)30/h4-13,21H,14-15H2,1-3H3,(H,31,32)(H,33,34)/t21-/m0/s1. The Morgan fingerprint density at radius 1 is 0.944 bits per heavy atom. The Balaban J connectivity index is 1.92. The van der Waals surface area contributed by atoms with Gasteiger partial charge in [0.1, 0.15) is 23.3 Å². The summed E-state index contributed by atoms with van der Waals surface area (Å²) in [7, 11) is -9.80. The van der Waals surface area contributed by atoms with E-state index in [4.69, 9.17) is 4.74 Å². The minimum absolute atomic E-state index is 0.0255. The molecule has 0 aromatic heterocycles. The van der Waals surface area contributed by atoms with Crippen molar-refractivity contribution in [3.05, 3.63) is 71.8 Å². The van der Waals surface area contributed by atoms with Crippen LogP contribution in [0.5, 0.6) is 5.75 Å². The molecule has 0 fully saturated rings. The average molecular weight is 532 g/mol. The third-order valence-corrected chi connectivity index (χ3v) is 6.46. The Kier molecular flexibility index (Phi) is 6.55. The SMILES string of the molecule is CC(C)(C)C[C@H](NC(=O)c1ccc2ccccc2c1OCc1ccc(S(F)(F)(F)(F)F)cc1)C(=O)O. The van der Waals surface area contributed by atoms with E-state index in [1.807, 2.05) is 20.8 Å². The predicted molar refractivity (Wildman–Crippen MR) is 129 cm³/mol. The summed E-state index contributed by atoms with van der Waals surface area (Å²) in [4.78, 5) is 22.8. The first-order chi connectivity index (χ1) is 16.3. The summed E-state index contributed by atoms with van der Waals surface area (Å²) >= 11 is 0. The van der Waals surface area contributed by atoms with Crippen LogP contribution in [-0.2, 0) is 11.4 Å². The van der Waals surface area contributed by atoms with Gasteiger partial charge in [-0.25, -0.2) is 4.79 Å². The number of nitrogens with one attached hydrogen (secondary N) is 1. The minimum atomic E-state index is -9.80. The number of rotatable bonds is 8. The maximum atomic E-state index is 13.1. The molecular formula is C25H26F5NO4S. The second kappa shape index (κ2) is 8.65. The number of carboxylic acids is 1. The number of aliphatic carboxylic acids is 1. The summed E-state index contributed by atoms with van der Waals surface area (Å²) < 4.78 is 70.8. The molecule has 0 heterocycles. The van der Waals surface area contributed by atoms with Crippen LogP contribution in [-0.4, -0.2) is 23.0 Å². The van der Waals surface area contributed by atoms with Crippen molar-refractivity contribution in [2.75, 3.05) is 0 Å². The molecule has 196 valence electrons. The van der Waals surface area contributed by atoms with Crippen LogP contribution in [0.4, 0.5) is 19.4 Å². The highest BCUT2D eigenvalue weighted by atomic mass is 32.5. The molecule has 0 saturated carbocycles. The van der Waals surface area contributed by atoms with Gasteiger partial charge in [-0.3, -0.25) is 4.79 Å². The van der Waals surface area contributed by atoms with E-state index in [9.17, 15) is 34.1 Å². The van der Waals surface area contributed by atoms with E-state index in [-0.39, 0.29) is 35.3 Å². The molecule has 2 N–H and O–H groups in total. The van der Waals surface area contributed by atoms with Gasteiger partial charge in [-0.1, -0.05) is 82.7 Å². The van der Waals surface area contributed by atoms with E-state index in [0.717, 1.165) is 12.1 Å². The molecule has 1 atom stereocenters. The Labute approximate surface area is 205 Å². The molecular weight excluding hydrogens is 505 g/mol. The topological polar surface area (TPSA) is 75.6 Å². The summed E-state index contributed by atoms with van der Waals surface area (Å²) in [6.07, 6.45) is 0.163. The van der Waals surface area contributed by atoms with Crippen molar-refractivity contribution in [1.29, 1.82) is 0 Å².